The van der Waals surface area contributed by atoms with E-state index >= 15 is 0 Å². The number of hydrogen-bond acceptors (Lipinski definition) is 4. The van der Waals surface area contributed by atoms with Gasteiger partial charge in [0.25, 0.3) is 0 Å². The van der Waals surface area contributed by atoms with Crippen LogP contribution in [-0.2, 0) is 9.53 Å². The smallest absolute Gasteiger partial charge is 0.328 e. The van der Waals surface area contributed by atoms with Crippen molar-refractivity contribution in [2.75, 3.05) is 12.3 Å². The van der Waals surface area contributed by atoms with Crippen LogP contribution in [0.5, 0.6) is 0 Å². The van der Waals surface area contributed by atoms with Crippen LogP contribution in [0.4, 0.5) is 5.69 Å². The van der Waals surface area contributed by atoms with Crippen molar-refractivity contribution in [1.82, 2.24) is 9.55 Å². The zero-order valence-corrected chi connectivity index (χ0v) is 11.8. The zero-order chi connectivity index (χ0) is 14.3. The third-order valence-corrected chi connectivity index (χ3v) is 3.70. The molecule has 1 aromatic heterocycles. The number of carbonyl (C=O) groups excluding carboxylic acids is 1. The molecule has 1 unspecified atom stereocenters. The van der Waals surface area contributed by atoms with Crippen molar-refractivity contribution >= 4 is 22.7 Å². The van der Waals surface area contributed by atoms with Crippen LogP contribution in [0.2, 0.25) is 0 Å². The van der Waals surface area contributed by atoms with Crippen molar-refractivity contribution in [2.24, 2.45) is 0 Å². The summed E-state index contributed by atoms with van der Waals surface area (Å²) in [4.78, 5) is 16.7. The normalized spacial score (nSPS) is 16.3. The van der Waals surface area contributed by atoms with E-state index in [1.54, 1.807) is 0 Å². The molecule has 1 aromatic carbocycles. The van der Waals surface area contributed by atoms with Gasteiger partial charge in [-0.15, -0.1) is 0 Å². The molecule has 1 fully saturated rings. The molecule has 106 valence electrons. The fourth-order valence-electron chi connectivity index (χ4n) is 2.54. The van der Waals surface area contributed by atoms with Gasteiger partial charge in [-0.05, 0) is 44.9 Å². The van der Waals surface area contributed by atoms with Gasteiger partial charge < -0.3 is 15.0 Å². The molecule has 2 N–H and O–H groups in total. The minimum atomic E-state index is -0.362. The molecule has 0 radical (unpaired) electrons. The number of carbonyl (C=O) groups is 1. The van der Waals surface area contributed by atoms with Gasteiger partial charge >= 0.3 is 5.97 Å². The first-order valence-corrected chi connectivity index (χ1v) is 7.05. The molecule has 1 saturated carbocycles. The second-order valence-electron chi connectivity index (χ2n) is 5.29. The molecule has 0 bridgehead atoms. The van der Waals surface area contributed by atoms with Crippen LogP contribution in [0.3, 0.4) is 0 Å². The van der Waals surface area contributed by atoms with Gasteiger partial charge in [-0.1, -0.05) is 0 Å². The molecule has 1 heterocycles. The molecule has 0 amide bonds. The van der Waals surface area contributed by atoms with Crippen LogP contribution < -0.4 is 5.73 Å². The summed E-state index contributed by atoms with van der Waals surface area (Å²) in [6.45, 7) is 4.07. The Bertz CT molecular complexity index is 658. The van der Waals surface area contributed by atoms with Crippen LogP contribution in [0.15, 0.2) is 18.2 Å². The number of anilines is 1. The Morgan fingerprint density at radius 3 is 2.95 bits per heavy atom. The highest BCUT2D eigenvalue weighted by Gasteiger charge is 2.32. The van der Waals surface area contributed by atoms with Gasteiger partial charge in [-0.2, -0.15) is 0 Å². The maximum absolute atomic E-state index is 12.1. The van der Waals surface area contributed by atoms with Crippen LogP contribution in [0.25, 0.3) is 11.0 Å². The first-order chi connectivity index (χ1) is 9.61. The third kappa shape index (κ3) is 2.13. The molecule has 1 aliphatic rings. The van der Waals surface area contributed by atoms with Gasteiger partial charge in [0.05, 0.1) is 17.6 Å². The maximum atomic E-state index is 12.1. The van der Waals surface area contributed by atoms with Gasteiger partial charge in [0.1, 0.15) is 11.9 Å². The lowest BCUT2D eigenvalue weighted by atomic mass is 10.2. The summed E-state index contributed by atoms with van der Waals surface area (Å²) in [6, 6.07) is 5.27. The highest BCUT2D eigenvalue weighted by atomic mass is 16.5. The number of hydrogen-bond donors (Lipinski definition) is 1. The van der Waals surface area contributed by atoms with Crippen molar-refractivity contribution in [3.63, 3.8) is 0 Å². The Hall–Kier alpha value is -2.04. The fourth-order valence-corrected chi connectivity index (χ4v) is 2.54. The molecule has 0 saturated heterocycles. The fraction of sp³-hybridized carbons (Fsp3) is 0.467. The molecule has 5 nitrogen and oxygen atoms in total. The Kier molecular flexibility index (Phi) is 3.12. The van der Waals surface area contributed by atoms with E-state index in [0.29, 0.717) is 18.2 Å². The predicted molar refractivity (Wildman–Crippen MR) is 77.5 cm³/mol. The monoisotopic (exact) mass is 273 g/mol. The van der Waals surface area contributed by atoms with Gasteiger partial charge in [-0.3, -0.25) is 0 Å². The summed E-state index contributed by atoms with van der Waals surface area (Å²) in [5.74, 6) is 1.22. The van der Waals surface area contributed by atoms with E-state index in [0.717, 1.165) is 29.7 Å². The lowest BCUT2D eigenvalue weighted by molar-refractivity contribution is -0.146. The number of nitrogen functional groups attached to an aromatic ring is 1. The Morgan fingerprint density at radius 2 is 2.30 bits per heavy atom. The van der Waals surface area contributed by atoms with E-state index in [1.807, 2.05) is 36.6 Å². The Morgan fingerprint density at radius 1 is 1.55 bits per heavy atom. The molecule has 1 atom stereocenters. The SMILES string of the molecule is CCOC(=O)C(C)n1c(C2CC2)nc2cc(N)ccc21. The number of esters is 1. The Balaban J connectivity index is 2.11. The molecule has 3 rings (SSSR count). The molecule has 0 aliphatic heterocycles. The van der Waals surface area contributed by atoms with Crippen molar-refractivity contribution in [3.8, 4) is 0 Å². The lowest BCUT2D eigenvalue weighted by Gasteiger charge is -2.16. The number of ether oxygens (including phenoxy) is 1. The summed E-state index contributed by atoms with van der Waals surface area (Å²) in [6.07, 6.45) is 2.27. The number of imidazole rings is 1. The number of nitrogens with two attached hydrogens (primary N) is 1. The molecule has 1 aliphatic carbocycles. The van der Waals surface area contributed by atoms with E-state index < -0.39 is 0 Å². The third-order valence-electron chi connectivity index (χ3n) is 3.70. The van der Waals surface area contributed by atoms with Crippen LogP contribution in [0.1, 0.15) is 44.5 Å². The highest BCUT2D eigenvalue weighted by Crippen LogP contribution is 2.42. The molecule has 2 aromatic rings. The number of rotatable bonds is 4. The summed E-state index contributed by atoms with van der Waals surface area (Å²) in [7, 11) is 0. The van der Waals surface area contributed by atoms with E-state index in [-0.39, 0.29) is 12.0 Å². The number of aromatic nitrogens is 2. The van der Waals surface area contributed by atoms with Gasteiger partial charge in [0.2, 0.25) is 0 Å². The summed E-state index contributed by atoms with van der Waals surface area (Å²) >= 11 is 0. The quantitative estimate of drug-likeness (QED) is 0.686. The largest absolute Gasteiger partial charge is 0.464 e. The molecular weight excluding hydrogens is 254 g/mol. The zero-order valence-electron chi connectivity index (χ0n) is 11.8. The second kappa shape index (κ2) is 4.81. The summed E-state index contributed by atoms with van der Waals surface area (Å²) in [5, 5.41) is 0. The minimum Gasteiger partial charge on any atom is -0.464 e. The van der Waals surface area contributed by atoms with Gasteiger partial charge in [0.15, 0.2) is 0 Å². The predicted octanol–water partition coefficient (Wildman–Crippen LogP) is 2.62. The van der Waals surface area contributed by atoms with Crippen molar-refractivity contribution in [1.29, 1.82) is 0 Å². The molecular formula is C15H19N3O2. The average Bonchev–Trinajstić information content (AvgIpc) is 3.19. The maximum Gasteiger partial charge on any atom is 0.328 e. The first kappa shape index (κ1) is 13.0. The van der Waals surface area contributed by atoms with E-state index in [9.17, 15) is 4.79 Å². The van der Waals surface area contributed by atoms with Gasteiger partial charge in [0, 0.05) is 11.6 Å². The van der Waals surface area contributed by atoms with E-state index in [2.05, 4.69) is 4.98 Å². The number of nitrogens with zero attached hydrogens (tertiary/aromatic N) is 2. The molecule has 5 heteroatoms. The molecule has 20 heavy (non-hydrogen) atoms. The van der Waals surface area contributed by atoms with Crippen LogP contribution in [0, 0.1) is 0 Å². The van der Waals surface area contributed by atoms with E-state index in [1.165, 1.54) is 0 Å². The van der Waals surface area contributed by atoms with Gasteiger partial charge in [-0.25, -0.2) is 9.78 Å². The number of benzene rings is 1. The topological polar surface area (TPSA) is 70.1 Å². The minimum absolute atomic E-state index is 0.217. The van der Waals surface area contributed by atoms with Crippen molar-refractivity contribution in [3.05, 3.63) is 24.0 Å². The van der Waals surface area contributed by atoms with Crippen molar-refractivity contribution < 1.29 is 9.53 Å². The second-order valence-corrected chi connectivity index (χ2v) is 5.29. The van der Waals surface area contributed by atoms with Crippen LogP contribution in [-0.4, -0.2) is 22.1 Å². The number of fused-ring (bicyclic) bond motifs is 1. The summed E-state index contributed by atoms with van der Waals surface area (Å²) < 4.78 is 7.15. The standard InChI is InChI=1S/C15H19N3O2/c1-3-20-15(19)9(2)18-13-7-6-11(16)8-12(13)17-14(18)10-4-5-10/h6-10H,3-5,16H2,1-2H3. The lowest BCUT2D eigenvalue weighted by Crippen LogP contribution is -2.20. The first-order valence-electron chi connectivity index (χ1n) is 7.05. The van der Waals surface area contributed by atoms with E-state index in [4.69, 9.17) is 10.5 Å². The molecule has 0 spiro atoms. The summed E-state index contributed by atoms with van der Waals surface area (Å²) in [5.41, 5.74) is 8.30. The highest BCUT2D eigenvalue weighted by molar-refractivity contribution is 5.83. The Labute approximate surface area is 117 Å². The van der Waals surface area contributed by atoms with Crippen LogP contribution >= 0.6 is 0 Å². The van der Waals surface area contributed by atoms with Crippen molar-refractivity contribution in [2.45, 2.75) is 38.6 Å². The average molecular weight is 273 g/mol.